The zero-order valence-electron chi connectivity index (χ0n) is 29.9. The van der Waals surface area contributed by atoms with E-state index >= 15 is 0 Å². The SMILES string of the molecule is COCCNC(=O)[C@@H]1CCCC[C@@H]1c1ncc(-c2ccc(-c3ccc(-c4cnc([C@@H]5CCCN5C(=O)C(NC(=O)OC)C(C)C)[nH]4)cc3)cc2)[nH]1. The van der Waals surface area contributed by atoms with Gasteiger partial charge in [-0.15, -0.1) is 0 Å². The Morgan fingerprint density at radius 1 is 0.824 bits per heavy atom. The number of carbonyl (C=O) groups is 3. The Bertz CT molecular complexity index is 1780. The van der Waals surface area contributed by atoms with Crippen molar-refractivity contribution in [1.82, 2.24) is 35.5 Å². The molecule has 1 saturated carbocycles. The van der Waals surface area contributed by atoms with E-state index in [2.05, 4.69) is 74.1 Å². The van der Waals surface area contributed by atoms with Gasteiger partial charge in [-0.05, 0) is 53.9 Å². The molecule has 12 heteroatoms. The van der Waals surface area contributed by atoms with Crippen LogP contribution < -0.4 is 10.6 Å². The van der Waals surface area contributed by atoms with Gasteiger partial charge in [-0.3, -0.25) is 9.59 Å². The summed E-state index contributed by atoms with van der Waals surface area (Å²) in [5.41, 5.74) is 6.03. The summed E-state index contributed by atoms with van der Waals surface area (Å²) in [6.45, 7) is 5.44. The van der Waals surface area contributed by atoms with Crippen molar-refractivity contribution in [3.63, 3.8) is 0 Å². The molecule has 3 heterocycles. The zero-order chi connectivity index (χ0) is 35.9. The molecule has 1 aliphatic heterocycles. The standard InChI is InChI=1S/C39H49N7O5/c1-24(2)34(45-39(49)51-4)38(48)46-20-7-10-33(46)36-42-23-32(44-36)28-17-13-26(14-18-28)25-11-15-27(16-12-25)31-22-41-35(43-31)29-8-5-6-9-30(29)37(47)40-19-21-50-3/h11-18,22-24,29-30,33-34H,5-10,19-21H2,1-4H3,(H,40,47)(H,41,43)(H,42,44)(H,45,49)/t29-,30+,33-,34?/m0/s1. The molecule has 0 radical (unpaired) electrons. The van der Waals surface area contributed by atoms with Crippen LogP contribution in [0.3, 0.4) is 0 Å². The van der Waals surface area contributed by atoms with Gasteiger partial charge in [0.25, 0.3) is 0 Å². The van der Waals surface area contributed by atoms with E-state index in [-0.39, 0.29) is 35.6 Å². The summed E-state index contributed by atoms with van der Waals surface area (Å²) in [5, 5.41) is 5.72. The van der Waals surface area contributed by atoms with Gasteiger partial charge in [0, 0.05) is 32.0 Å². The quantitative estimate of drug-likeness (QED) is 0.128. The summed E-state index contributed by atoms with van der Waals surface area (Å²) in [4.78, 5) is 56.5. The van der Waals surface area contributed by atoms with Crippen LogP contribution in [-0.4, -0.2) is 82.7 Å². The Morgan fingerprint density at radius 2 is 1.41 bits per heavy atom. The lowest BCUT2D eigenvalue weighted by atomic mass is 9.78. The number of imidazole rings is 2. The number of rotatable bonds is 12. The van der Waals surface area contributed by atoms with Gasteiger partial charge in [0.1, 0.15) is 17.7 Å². The van der Waals surface area contributed by atoms with Crippen molar-refractivity contribution in [2.24, 2.45) is 11.8 Å². The number of hydrogen-bond donors (Lipinski definition) is 4. The minimum atomic E-state index is -0.675. The number of nitrogens with zero attached hydrogens (tertiary/aromatic N) is 3. The second-order valence-electron chi connectivity index (χ2n) is 13.8. The van der Waals surface area contributed by atoms with E-state index in [1.165, 1.54) is 7.11 Å². The predicted octanol–water partition coefficient (Wildman–Crippen LogP) is 6.21. The Balaban J connectivity index is 1.10. The molecular formula is C39H49N7O5. The average molecular weight is 696 g/mol. The van der Waals surface area contributed by atoms with Crippen LogP contribution in [0.25, 0.3) is 33.6 Å². The number of amides is 3. The van der Waals surface area contributed by atoms with Crippen molar-refractivity contribution >= 4 is 17.9 Å². The first kappa shape index (κ1) is 35.8. The van der Waals surface area contributed by atoms with Crippen molar-refractivity contribution in [2.45, 2.75) is 70.4 Å². The van der Waals surface area contributed by atoms with Crippen LogP contribution in [0.15, 0.2) is 60.9 Å². The topological polar surface area (TPSA) is 154 Å². The van der Waals surface area contributed by atoms with Crippen LogP contribution in [0.5, 0.6) is 0 Å². The van der Waals surface area contributed by atoms with E-state index in [1.54, 1.807) is 7.11 Å². The van der Waals surface area contributed by atoms with Crippen molar-refractivity contribution in [3.05, 3.63) is 72.6 Å². The van der Waals surface area contributed by atoms with Crippen LogP contribution in [0, 0.1) is 11.8 Å². The van der Waals surface area contributed by atoms with Gasteiger partial charge in [0.15, 0.2) is 0 Å². The molecule has 1 saturated heterocycles. The van der Waals surface area contributed by atoms with Gasteiger partial charge in [-0.25, -0.2) is 14.8 Å². The minimum Gasteiger partial charge on any atom is -0.453 e. The van der Waals surface area contributed by atoms with Gasteiger partial charge in [0.05, 0.1) is 43.5 Å². The van der Waals surface area contributed by atoms with E-state index < -0.39 is 12.1 Å². The number of nitrogens with one attached hydrogen (secondary N) is 4. The molecule has 270 valence electrons. The number of alkyl carbamates (subject to hydrolysis) is 1. The van der Waals surface area contributed by atoms with Crippen LogP contribution >= 0.6 is 0 Å². The largest absolute Gasteiger partial charge is 0.453 e. The molecule has 4 atom stereocenters. The maximum Gasteiger partial charge on any atom is 0.407 e. The maximum atomic E-state index is 13.5. The van der Waals surface area contributed by atoms with E-state index in [0.29, 0.717) is 19.7 Å². The minimum absolute atomic E-state index is 0.0749. The van der Waals surface area contributed by atoms with E-state index in [9.17, 15) is 14.4 Å². The number of aromatic amines is 2. The fraction of sp³-hybridized carbons (Fsp3) is 0.462. The highest BCUT2D eigenvalue weighted by molar-refractivity contribution is 5.86. The third-order valence-corrected chi connectivity index (χ3v) is 10.2. The van der Waals surface area contributed by atoms with Crippen molar-refractivity contribution in [2.75, 3.05) is 33.9 Å². The van der Waals surface area contributed by atoms with Crippen LogP contribution in [0.4, 0.5) is 4.79 Å². The molecule has 2 aromatic heterocycles. The van der Waals surface area contributed by atoms with Gasteiger partial charge >= 0.3 is 6.09 Å². The summed E-state index contributed by atoms with van der Waals surface area (Å²) >= 11 is 0. The summed E-state index contributed by atoms with van der Waals surface area (Å²) in [6, 6.07) is 15.9. The Morgan fingerprint density at radius 3 is 2.02 bits per heavy atom. The first-order valence-electron chi connectivity index (χ1n) is 18.0. The van der Waals surface area contributed by atoms with Crippen LogP contribution in [-0.2, 0) is 19.1 Å². The lowest BCUT2D eigenvalue weighted by Crippen LogP contribution is -2.51. The van der Waals surface area contributed by atoms with Crippen molar-refractivity contribution in [1.29, 1.82) is 0 Å². The molecule has 2 aromatic carbocycles. The Kier molecular flexibility index (Phi) is 11.5. The van der Waals surface area contributed by atoms with Crippen LogP contribution in [0.2, 0.25) is 0 Å². The van der Waals surface area contributed by atoms with Gasteiger partial charge in [0.2, 0.25) is 11.8 Å². The highest BCUT2D eigenvalue weighted by atomic mass is 16.5. The van der Waals surface area contributed by atoms with Crippen molar-refractivity contribution < 1.29 is 23.9 Å². The molecule has 1 aliphatic carbocycles. The van der Waals surface area contributed by atoms with E-state index in [1.807, 2.05) is 31.1 Å². The van der Waals surface area contributed by atoms with E-state index in [0.717, 1.165) is 83.8 Å². The number of methoxy groups -OCH3 is 2. The fourth-order valence-corrected chi connectivity index (χ4v) is 7.38. The molecule has 2 fully saturated rings. The molecule has 2 aliphatic rings. The number of H-pyrrole nitrogens is 2. The average Bonchev–Trinajstić information content (AvgIpc) is 3.95. The molecule has 12 nitrogen and oxygen atoms in total. The summed E-state index contributed by atoms with van der Waals surface area (Å²) in [5.74, 6) is 1.46. The third-order valence-electron chi connectivity index (χ3n) is 10.2. The van der Waals surface area contributed by atoms with Crippen LogP contribution in [0.1, 0.15) is 76.0 Å². The zero-order valence-corrected chi connectivity index (χ0v) is 29.9. The van der Waals surface area contributed by atoms with Gasteiger partial charge in [-0.2, -0.15) is 0 Å². The Hall–Kier alpha value is -4.97. The van der Waals surface area contributed by atoms with Gasteiger partial charge in [-0.1, -0.05) is 75.2 Å². The molecule has 4 N–H and O–H groups in total. The monoisotopic (exact) mass is 695 g/mol. The molecular weight excluding hydrogens is 646 g/mol. The second kappa shape index (κ2) is 16.4. The van der Waals surface area contributed by atoms with Crippen molar-refractivity contribution in [3.8, 4) is 33.6 Å². The number of carbonyl (C=O) groups excluding carboxylic acids is 3. The molecule has 51 heavy (non-hydrogen) atoms. The summed E-state index contributed by atoms with van der Waals surface area (Å²) in [6.07, 6.45) is 8.68. The normalized spacial score (nSPS) is 19.5. The number of benzene rings is 2. The highest BCUT2D eigenvalue weighted by Crippen LogP contribution is 2.38. The maximum absolute atomic E-state index is 13.5. The predicted molar refractivity (Wildman–Crippen MR) is 194 cm³/mol. The lowest BCUT2D eigenvalue weighted by Gasteiger charge is -2.30. The second-order valence-corrected chi connectivity index (χ2v) is 13.8. The molecule has 1 unspecified atom stereocenters. The smallest absolute Gasteiger partial charge is 0.407 e. The summed E-state index contributed by atoms with van der Waals surface area (Å²) < 4.78 is 9.84. The molecule has 6 rings (SSSR count). The number of aromatic nitrogens is 4. The number of hydrogen-bond acceptors (Lipinski definition) is 7. The first-order chi connectivity index (χ1) is 24.8. The molecule has 3 amide bonds. The van der Waals surface area contributed by atoms with E-state index in [4.69, 9.17) is 14.5 Å². The molecule has 0 spiro atoms. The lowest BCUT2D eigenvalue weighted by molar-refractivity contribution is -0.135. The molecule has 0 bridgehead atoms. The first-order valence-corrected chi connectivity index (χ1v) is 18.0. The number of likely N-dealkylation sites (tertiary alicyclic amines) is 1. The summed E-state index contributed by atoms with van der Waals surface area (Å²) in [7, 11) is 2.93. The number of ether oxygens (including phenoxy) is 2. The molecule has 4 aromatic rings. The third kappa shape index (κ3) is 8.17. The highest BCUT2D eigenvalue weighted by Gasteiger charge is 2.38. The van der Waals surface area contributed by atoms with Gasteiger partial charge < -0.3 is 35.0 Å². The Labute approximate surface area is 299 Å². The fourth-order valence-electron chi connectivity index (χ4n) is 7.38.